The predicted molar refractivity (Wildman–Crippen MR) is 93.8 cm³/mol. The Kier molecular flexibility index (Phi) is 4.27. The first-order valence-corrected chi connectivity index (χ1v) is 8.05. The molecule has 1 aliphatic rings. The number of carbonyl (C=O) groups is 1. The average molecular weight is 342 g/mol. The van der Waals surface area contributed by atoms with Crippen LogP contribution in [0.1, 0.15) is 34.4 Å². The summed E-state index contributed by atoms with van der Waals surface area (Å²) < 4.78 is 5.40. The number of rotatable bonds is 2. The van der Waals surface area contributed by atoms with E-state index in [1.807, 2.05) is 36.4 Å². The van der Waals surface area contributed by atoms with Gasteiger partial charge in [0.2, 0.25) is 0 Å². The van der Waals surface area contributed by atoms with Crippen LogP contribution in [0.4, 0.5) is 4.79 Å². The summed E-state index contributed by atoms with van der Waals surface area (Å²) in [4.78, 5) is 16.0. The Labute approximate surface area is 150 Å². The Morgan fingerprint density at radius 3 is 2.58 bits per heavy atom. The van der Waals surface area contributed by atoms with Crippen molar-refractivity contribution >= 4 is 6.09 Å². The molecule has 1 saturated heterocycles. The third-order valence-electron chi connectivity index (χ3n) is 3.99. The van der Waals surface area contributed by atoms with Crippen LogP contribution in [0.3, 0.4) is 0 Å². The van der Waals surface area contributed by atoms with E-state index in [0.29, 0.717) is 0 Å². The molecule has 0 spiro atoms. The topological polar surface area (TPSA) is 77.0 Å². The molecule has 0 bridgehead atoms. The normalized spacial score (nSPS) is 18.4. The third kappa shape index (κ3) is 3.37. The number of cyclic esters (lactones) is 1. The number of nitrogens with one attached hydrogen (secondary N) is 1. The van der Waals surface area contributed by atoms with Crippen LogP contribution in [0.15, 0.2) is 67.3 Å². The lowest BCUT2D eigenvalue weighted by Gasteiger charge is -2.16. The molecular formula is C20H14N4O2. The number of aromatic nitrogens is 3. The third-order valence-corrected chi connectivity index (χ3v) is 3.99. The first kappa shape index (κ1) is 15.8. The molecule has 0 unspecified atom stereocenters. The van der Waals surface area contributed by atoms with Crippen LogP contribution in [-0.4, -0.2) is 21.3 Å². The van der Waals surface area contributed by atoms with Crippen LogP contribution in [0.25, 0.3) is 0 Å². The smallest absolute Gasteiger partial charge is 0.408 e. The highest BCUT2D eigenvalue weighted by Crippen LogP contribution is 2.35. The first-order chi connectivity index (χ1) is 12.8. The molecule has 1 amide bonds. The number of pyridine rings is 1. The number of carbonyl (C=O) groups excluding carboxylic acids is 1. The van der Waals surface area contributed by atoms with E-state index in [1.165, 1.54) is 0 Å². The van der Waals surface area contributed by atoms with Crippen molar-refractivity contribution in [1.82, 2.24) is 20.5 Å². The Morgan fingerprint density at radius 1 is 0.923 bits per heavy atom. The minimum atomic E-state index is -0.489. The van der Waals surface area contributed by atoms with Crippen LogP contribution >= 0.6 is 0 Å². The summed E-state index contributed by atoms with van der Waals surface area (Å²) in [6, 6.07) is 13.0. The van der Waals surface area contributed by atoms with Crippen molar-refractivity contribution in [2.24, 2.45) is 0 Å². The van der Waals surface area contributed by atoms with E-state index in [-0.39, 0.29) is 6.04 Å². The molecule has 1 aromatic carbocycles. The van der Waals surface area contributed by atoms with Gasteiger partial charge in [0.1, 0.15) is 6.04 Å². The Morgan fingerprint density at radius 2 is 1.77 bits per heavy atom. The van der Waals surface area contributed by atoms with E-state index in [1.54, 1.807) is 30.9 Å². The van der Waals surface area contributed by atoms with Crippen molar-refractivity contribution in [1.29, 1.82) is 0 Å². The van der Waals surface area contributed by atoms with Gasteiger partial charge in [0.15, 0.2) is 6.10 Å². The van der Waals surface area contributed by atoms with Crippen molar-refractivity contribution in [3.05, 3.63) is 89.5 Å². The highest BCUT2D eigenvalue weighted by molar-refractivity contribution is 5.71. The Bertz CT molecular complexity index is 981. The van der Waals surface area contributed by atoms with Crippen LogP contribution in [0, 0.1) is 11.8 Å². The molecule has 3 aromatic rings. The number of alkyl carbamates (subject to hydrolysis) is 1. The molecule has 1 N–H and O–H groups in total. The van der Waals surface area contributed by atoms with Crippen LogP contribution in [-0.2, 0) is 4.74 Å². The van der Waals surface area contributed by atoms with Crippen molar-refractivity contribution in [3.63, 3.8) is 0 Å². The molecule has 6 heteroatoms. The fourth-order valence-corrected chi connectivity index (χ4v) is 2.77. The minimum Gasteiger partial charge on any atom is -0.439 e. The van der Waals surface area contributed by atoms with Gasteiger partial charge in [0.05, 0.1) is 6.20 Å². The second-order valence-corrected chi connectivity index (χ2v) is 5.75. The summed E-state index contributed by atoms with van der Waals surface area (Å²) in [6.45, 7) is 0. The van der Waals surface area contributed by atoms with Crippen LogP contribution in [0.2, 0.25) is 0 Å². The van der Waals surface area contributed by atoms with E-state index < -0.39 is 12.2 Å². The van der Waals surface area contributed by atoms with Gasteiger partial charge in [-0.25, -0.2) is 4.79 Å². The van der Waals surface area contributed by atoms with Crippen LogP contribution in [0.5, 0.6) is 0 Å². The Hall–Kier alpha value is -3.72. The van der Waals surface area contributed by atoms with Crippen molar-refractivity contribution in [3.8, 4) is 11.8 Å². The largest absolute Gasteiger partial charge is 0.439 e. The zero-order valence-electron chi connectivity index (χ0n) is 13.7. The zero-order chi connectivity index (χ0) is 17.8. The summed E-state index contributed by atoms with van der Waals surface area (Å²) in [7, 11) is 0. The first-order valence-electron chi connectivity index (χ1n) is 8.05. The van der Waals surface area contributed by atoms with Gasteiger partial charge in [-0.1, -0.05) is 30.0 Å². The minimum absolute atomic E-state index is 0.363. The number of hydrogen-bond donors (Lipinski definition) is 1. The van der Waals surface area contributed by atoms with E-state index in [9.17, 15) is 4.79 Å². The number of benzene rings is 1. The highest BCUT2D eigenvalue weighted by atomic mass is 16.6. The van der Waals surface area contributed by atoms with Crippen molar-refractivity contribution in [2.75, 3.05) is 0 Å². The van der Waals surface area contributed by atoms with Crippen molar-refractivity contribution in [2.45, 2.75) is 12.1 Å². The van der Waals surface area contributed by atoms with Crippen molar-refractivity contribution < 1.29 is 9.53 Å². The molecule has 26 heavy (non-hydrogen) atoms. The van der Waals surface area contributed by atoms with Crippen LogP contribution < -0.4 is 5.32 Å². The molecule has 2 aromatic heterocycles. The second-order valence-electron chi connectivity index (χ2n) is 5.75. The molecule has 6 nitrogen and oxygen atoms in total. The Balaban J connectivity index is 1.63. The van der Waals surface area contributed by atoms with Gasteiger partial charge in [-0.3, -0.25) is 4.98 Å². The maximum absolute atomic E-state index is 11.8. The summed E-state index contributed by atoms with van der Waals surface area (Å²) in [5.41, 5.74) is 3.27. The zero-order valence-corrected chi connectivity index (χ0v) is 13.7. The maximum atomic E-state index is 11.8. The van der Waals surface area contributed by atoms with Gasteiger partial charge in [-0.2, -0.15) is 10.2 Å². The molecule has 1 fully saturated rings. The molecule has 0 saturated carbocycles. The van der Waals surface area contributed by atoms with E-state index >= 15 is 0 Å². The van der Waals surface area contributed by atoms with Gasteiger partial charge in [-0.05, 0) is 29.8 Å². The second kappa shape index (κ2) is 7.03. The van der Waals surface area contributed by atoms with Gasteiger partial charge < -0.3 is 10.1 Å². The average Bonchev–Trinajstić information content (AvgIpc) is 3.10. The monoisotopic (exact) mass is 342 g/mol. The number of ether oxygens (including phenoxy) is 1. The quantitative estimate of drug-likeness (QED) is 0.725. The number of nitrogens with zero attached hydrogens (tertiary/aromatic N) is 3. The van der Waals surface area contributed by atoms with Gasteiger partial charge in [0.25, 0.3) is 0 Å². The molecule has 0 aliphatic carbocycles. The molecule has 4 rings (SSSR count). The lowest BCUT2D eigenvalue weighted by molar-refractivity contribution is 0.132. The molecule has 126 valence electrons. The number of amides is 1. The lowest BCUT2D eigenvalue weighted by atomic mass is 9.98. The SMILES string of the molecule is O=C1N[C@@H](c2cncc(C#Cc3ccccc3)c2)[C@H](c2ccnnc2)O1. The molecule has 0 radical (unpaired) electrons. The van der Waals surface area contributed by atoms with Gasteiger partial charge in [0, 0.05) is 35.3 Å². The maximum Gasteiger partial charge on any atom is 0.408 e. The van der Waals surface area contributed by atoms with E-state index in [0.717, 1.165) is 22.3 Å². The lowest BCUT2D eigenvalue weighted by Crippen LogP contribution is -2.20. The molecule has 2 atom stereocenters. The highest BCUT2D eigenvalue weighted by Gasteiger charge is 2.36. The molecule has 3 heterocycles. The van der Waals surface area contributed by atoms with E-state index in [4.69, 9.17) is 4.74 Å². The van der Waals surface area contributed by atoms with Gasteiger partial charge in [-0.15, -0.1) is 0 Å². The number of hydrogen-bond acceptors (Lipinski definition) is 5. The summed E-state index contributed by atoms with van der Waals surface area (Å²) in [5.74, 6) is 6.21. The summed E-state index contributed by atoms with van der Waals surface area (Å²) in [5, 5.41) is 10.4. The predicted octanol–water partition coefficient (Wildman–Crippen LogP) is 2.79. The fraction of sp³-hybridized carbons (Fsp3) is 0.100. The standard InChI is InChI=1S/C20H14N4O2/c25-20-24-18(19(26-20)16-8-9-22-23-13-16)17-10-15(11-21-12-17)7-6-14-4-2-1-3-5-14/h1-5,8-13,18-19H,(H,24,25)/t18-,19-/m0/s1. The van der Waals surface area contributed by atoms with Gasteiger partial charge >= 0.3 is 6.09 Å². The summed E-state index contributed by atoms with van der Waals surface area (Å²) >= 11 is 0. The molecular weight excluding hydrogens is 328 g/mol. The molecule has 1 aliphatic heterocycles. The van der Waals surface area contributed by atoms with E-state index in [2.05, 4.69) is 32.3 Å². The summed E-state index contributed by atoms with van der Waals surface area (Å²) in [6.07, 6.45) is 5.59. The fourth-order valence-electron chi connectivity index (χ4n) is 2.77.